The number of hydrogen-bond donors (Lipinski definition) is 1. The van der Waals surface area contributed by atoms with Crippen LogP contribution in [0.3, 0.4) is 0 Å². The highest BCUT2D eigenvalue weighted by Gasteiger charge is 2.40. The molecule has 0 aliphatic carbocycles. The zero-order valence-corrected chi connectivity index (χ0v) is 19.2. The highest BCUT2D eigenvalue weighted by Crippen LogP contribution is 2.39. The fourth-order valence-corrected chi connectivity index (χ4v) is 4.05. The molecule has 0 fully saturated rings. The number of halogens is 2. The molecule has 0 unspecified atom stereocenters. The van der Waals surface area contributed by atoms with Crippen LogP contribution in [0.2, 0.25) is 0 Å². The molecule has 0 bridgehead atoms. The van der Waals surface area contributed by atoms with Crippen LogP contribution >= 0.6 is 31.9 Å². The topological polar surface area (TPSA) is 68.4 Å². The van der Waals surface area contributed by atoms with Gasteiger partial charge >= 0.3 is 11.9 Å². The number of carbonyl (C=O) groups is 2. The van der Waals surface area contributed by atoms with Gasteiger partial charge in [-0.15, -0.1) is 0 Å². The zero-order chi connectivity index (χ0) is 21.0. The van der Waals surface area contributed by atoms with E-state index in [1.165, 1.54) is 0 Å². The lowest BCUT2D eigenvalue weighted by Crippen LogP contribution is -2.34. The first kappa shape index (κ1) is 21.6. The molecule has 0 amide bonds. The van der Waals surface area contributed by atoms with Crippen LogP contribution in [-0.4, -0.2) is 30.1 Å². The van der Waals surface area contributed by atoms with Crippen LogP contribution in [0.5, 0.6) is 0 Å². The molecular formula is C22H21Br2NO4. The van der Waals surface area contributed by atoms with E-state index in [4.69, 9.17) is 9.47 Å². The van der Waals surface area contributed by atoms with Crippen molar-refractivity contribution in [3.8, 4) is 0 Å². The number of hydrogen-bond acceptors (Lipinski definition) is 4. The molecule has 152 valence electrons. The van der Waals surface area contributed by atoms with Gasteiger partial charge in [0.15, 0.2) is 5.92 Å². The minimum Gasteiger partial charge on any atom is -0.465 e. The summed E-state index contributed by atoms with van der Waals surface area (Å²) >= 11 is 6.95. The van der Waals surface area contributed by atoms with Gasteiger partial charge in [0.25, 0.3) is 0 Å². The third kappa shape index (κ3) is 4.73. The molecule has 0 aliphatic rings. The van der Waals surface area contributed by atoms with Gasteiger partial charge in [0.2, 0.25) is 0 Å². The molecule has 0 aliphatic heterocycles. The first-order valence-electron chi connectivity index (χ1n) is 9.31. The predicted molar refractivity (Wildman–Crippen MR) is 119 cm³/mol. The highest BCUT2D eigenvalue weighted by atomic mass is 79.9. The summed E-state index contributed by atoms with van der Waals surface area (Å²) in [5, 5.41) is 0.922. The van der Waals surface area contributed by atoms with Crippen molar-refractivity contribution in [2.45, 2.75) is 19.8 Å². The fourth-order valence-electron chi connectivity index (χ4n) is 3.43. The standard InChI is InChI=1S/C22H21Br2NO4/c1-3-28-21(26)20(22(27)29-4-2)19(13-5-7-14(23)8-6-13)17-12-25-18-10-9-15(24)11-16(17)18/h5-12,19-20,25H,3-4H2,1-2H3/t19-/m0/s1. The third-order valence-electron chi connectivity index (χ3n) is 4.65. The van der Waals surface area contributed by atoms with Crippen molar-refractivity contribution >= 4 is 54.7 Å². The van der Waals surface area contributed by atoms with Crippen molar-refractivity contribution in [3.05, 3.63) is 68.7 Å². The largest absolute Gasteiger partial charge is 0.465 e. The van der Waals surface area contributed by atoms with Gasteiger partial charge in [-0.2, -0.15) is 0 Å². The summed E-state index contributed by atoms with van der Waals surface area (Å²) in [5.41, 5.74) is 2.56. The minimum absolute atomic E-state index is 0.182. The van der Waals surface area contributed by atoms with Gasteiger partial charge in [-0.1, -0.05) is 44.0 Å². The Kier molecular flexibility index (Phi) is 7.14. The van der Waals surface area contributed by atoms with Crippen molar-refractivity contribution in [2.75, 3.05) is 13.2 Å². The van der Waals surface area contributed by atoms with Crippen LogP contribution in [0.1, 0.15) is 30.9 Å². The van der Waals surface area contributed by atoms with E-state index in [0.717, 1.165) is 31.0 Å². The fraction of sp³-hybridized carbons (Fsp3) is 0.273. The first-order chi connectivity index (χ1) is 14.0. The third-order valence-corrected chi connectivity index (χ3v) is 5.68. The average Bonchev–Trinajstić information content (AvgIpc) is 3.09. The molecule has 0 saturated heterocycles. The summed E-state index contributed by atoms with van der Waals surface area (Å²) in [7, 11) is 0. The number of esters is 2. The maximum Gasteiger partial charge on any atom is 0.321 e. The summed E-state index contributed by atoms with van der Waals surface area (Å²) in [4.78, 5) is 29.0. The van der Waals surface area contributed by atoms with E-state index in [9.17, 15) is 9.59 Å². The van der Waals surface area contributed by atoms with E-state index < -0.39 is 23.8 Å². The van der Waals surface area contributed by atoms with E-state index in [0.29, 0.717) is 0 Å². The Morgan fingerprint density at radius 3 is 2.10 bits per heavy atom. The first-order valence-corrected chi connectivity index (χ1v) is 10.9. The molecule has 7 heteroatoms. The highest BCUT2D eigenvalue weighted by molar-refractivity contribution is 9.10. The Morgan fingerprint density at radius 2 is 1.52 bits per heavy atom. The number of H-pyrrole nitrogens is 1. The summed E-state index contributed by atoms with van der Waals surface area (Å²) in [5.74, 6) is -2.87. The second kappa shape index (κ2) is 9.59. The van der Waals surface area contributed by atoms with Crippen molar-refractivity contribution in [3.63, 3.8) is 0 Å². The van der Waals surface area contributed by atoms with Crippen molar-refractivity contribution in [2.24, 2.45) is 5.92 Å². The van der Waals surface area contributed by atoms with Gasteiger partial charge in [-0.25, -0.2) is 0 Å². The average molecular weight is 523 g/mol. The van der Waals surface area contributed by atoms with Crippen molar-refractivity contribution in [1.29, 1.82) is 0 Å². The van der Waals surface area contributed by atoms with Crippen LogP contribution in [0.4, 0.5) is 0 Å². The van der Waals surface area contributed by atoms with Gasteiger partial charge < -0.3 is 14.5 Å². The molecule has 1 aromatic heterocycles. The molecule has 0 spiro atoms. The Balaban J connectivity index is 2.22. The Hall–Kier alpha value is -2.12. The van der Waals surface area contributed by atoms with E-state index >= 15 is 0 Å². The van der Waals surface area contributed by atoms with Gasteiger partial charge in [0.1, 0.15) is 0 Å². The number of fused-ring (bicyclic) bond motifs is 1. The zero-order valence-electron chi connectivity index (χ0n) is 16.1. The smallest absolute Gasteiger partial charge is 0.321 e. The van der Waals surface area contributed by atoms with Gasteiger partial charge in [0.05, 0.1) is 13.2 Å². The number of aromatic nitrogens is 1. The van der Waals surface area contributed by atoms with Gasteiger partial charge in [-0.3, -0.25) is 9.59 Å². The van der Waals surface area contributed by atoms with Crippen molar-refractivity contribution < 1.29 is 19.1 Å². The molecular weight excluding hydrogens is 502 g/mol. The summed E-state index contributed by atoms with van der Waals surface area (Å²) in [6.45, 7) is 3.80. The number of ether oxygens (including phenoxy) is 2. The lowest BCUT2D eigenvalue weighted by molar-refractivity contribution is -0.162. The molecule has 29 heavy (non-hydrogen) atoms. The molecule has 1 atom stereocenters. The Morgan fingerprint density at radius 1 is 0.931 bits per heavy atom. The monoisotopic (exact) mass is 521 g/mol. The molecule has 3 aromatic rings. The number of benzene rings is 2. The number of rotatable bonds is 7. The van der Waals surface area contributed by atoms with Crippen LogP contribution in [-0.2, 0) is 19.1 Å². The number of nitrogens with one attached hydrogen (secondary N) is 1. The molecule has 2 aromatic carbocycles. The van der Waals surface area contributed by atoms with Crippen LogP contribution in [0, 0.1) is 5.92 Å². The van der Waals surface area contributed by atoms with Crippen LogP contribution < -0.4 is 0 Å². The lowest BCUT2D eigenvalue weighted by Gasteiger charge is -2.25. The predicted octanol–water partition coefficient (Wildman–Crippen LogP) is 5.57. The van der Waals surface area contributed by atoms with Crippen LogP contribution in [0.25, 0.3) is 10.9 Å². The van der Waals surface area contributed by atoms with Gasteiger partial charge in [-0.05, 0) is 55.3 Å². The van der Waals surface area contributed by atoms with Crippen LogP contribution in [0.15, 0.2) is 57.6 Å². The second-order valence-electron chi connectivity index (χ2n) is 6.44. The molecule has 0 saturated carbocycles. The number of carbonyl (C=O) groups excluding carboxylic acids is 2. The molecule has 0 radical (unpaired) electrons. The van der Waals surface area contributed by atoms with E-state index in [1.54, 1.807) is 13.8 Å². The second-order valence-corrected chi connectivity index (χ2v) is 8.28. The van der Waals surface area contributed by atoms with E-state index in [-0.39, 0.29) is 13.2 Å². The molecule has 1 heterocycles. The van der Waals surface area contributed by atoms with E-state index in [2.05, 4.69) is 36.8 Å². The maximum absolute atomic E-state index is 12.9. The molecule has 1 N–H and O–H groups in total. The Labute approximate surface area is 186 Å². The van der Waals surface area contributed by atoms with Crippen molar-refractivity contribution in [1.82, 2.24) is 4.98 Å². The maximum atomic E-state index is 12.9. The quantitative estimate of drug-likeness (QED) is 0.325. The SMILES string of the molecule is CCOC(=O)C(C(=O)OCC)[C@@H](c1ccc(Br)cc1)c1c[nH]c2ccc(Br)cc12. The molecule has 3 rings (SSSR count). The summed E-state index contributed by atoms with van der Waals surface area (Å²) < 4.78 is 12.3. The molecule has 5 nitrogen and oxygen atoms in total. The van der Waals surface area contributed by atoms with E-state index in [1.807, 2.05) is 48.7 Å². The van der Waals surface area contributed by atoms with Gasteiger partial charge in [0, 0.05) is 32.0 Å². The normalized spacial score (nSPS) is 12.2. The lowest BCUT2D eigenvalue weighted by atomic mass is 9.80. The summed E-state index contributed by atoms with van der Waals surface area (Å²) in [6, 6.07) is 13.4. The minimum atomic E-state index is -1.12. The number of aromatic amines is 1. The summed E-state index contributed by atoms with van der Waals surface area (Å²) in [6.07, 6.45) is 1.84. The Bertz CT molecular complexity index is 995.